The van der Waals surface area contributed by atoms with Crippen LogP contribution in [0.4, 0.5) is 5.69 Å². The molecule has 0 radical (unpaired) electrons. The average Bonchev–Trinajstić information content (AvgIpc) is 3.43. The number of fused-ring (bicyclic) bond motifs is 4. The van der Waals surface area contributed by atoms with E-state index in [0.29, 0.717) is 17.8 Å². The third-order valence-corrected chi connectivity index (χ3v) is 7.58. The number of piperidine rings is 1. The van der Waals surface area contributed by atoms with E-state index in [0.717, 1.165) is 64.9 Å². The number of hydrogen-bond donors (Lipinski definition) is 1. The summed E-state index contributed by atoms with van der Waals surface area (Å²) < 4.78 is 1.78. The van der Waals surface area contributed by atoms with Gasteiger partial charge < -0.3 is 10.2 Å². The molecule has 1 N–H and O–H groups in total. The topological polar surface area (TPSA) is 102 Å². The van der Waals surface area contributed by atoms with Gasteiger partial charge in [-0.25, -0.2) is 14.6 Å². The SMILES string of the molecule is CN1CCC2(CC1)C(=O)Nc1ccc(-c3cnc4nnn(Cc5ccc6ncccc6c5)c4n3)cc12. The highest BCUT2D eigenvalue weighted by Gasteiger charge is 2.48. The van der Waals surface area contributed by atoms with Gasteiger partial charge in [0.15, 0.2) is 5.65 Å². The predicted molar refractivity (Wildman–Crippen MR) is 136 cm³/mol. The van der Waals surface area contributed by atoms with Gasteiger partial charge in [-0.05, 0) is 74.4 Å². The zero-order chi connectivity index (χ0) is 24.3. The number of rotatable bonds is 3. The quantitative estimate of drug-likeness (QED) is 0.426. The van der Waals surface area contributed by atoms with Crippen molar-refractivity contribution in [2.24, 2.45) is 0 Å². The molecule has 178 valence electrons. The first-order valence-electron chi connectivity index (χ1n) is 12.1. The summed E-state index contributed by atoms with van der Waals surface area (Å²) in [4.78, 5) is 29.1. The minimum Gasteiger partial charge on any atom is -0.325 e. The molecular weight excluding hydrogens is 452 g/mol. The lowest BCUT2D eigenvalue weighted by atomic mass is 9.73. The molecule has 0 atom stereocenters. The van der Waals surface area contributed by atoms with Gasteiger partial charge in [-0.3, -0.25) is 9.78 Å². The summed E-state index contributed by atoms with van der Waals surface area (Å²) in [6.07, 6.45) is 5.16. The number of aromatic nitrogens is 6. The number of anilines is 1. The fourth-order valence-corrected chi connectivity index (χ4v) is 5.47. The van der Waals surface area contributed by atoms with Crippen molar-refractivity contribution in [3.05, 3.63) is 72.1 Å². The highest BCUT2D eigenvalue weighted by molar-refractivity contribution is 6.06. The Morgan fingerprint density at radius 3 is 2.83 bits per heavy atom. The van der Waals surface area contributed by atoms with Crippen LogP contribution < -0.4 is 5.32 Å². The van der Waals surface area contributed by atoms with Crippen molar-refractivity contribution in [3.63, 3.8) is 0 Å². The van der Waals surface area contributed by atoms with Gasteiger partial charge in [0.05, 0.1) is 29.4 Å². The third-order valence-electron chi connectivity index (χ3n) is 7.58. The second-order valence-electron chi connectivity index (χ2n) is 9.78. The second kappa shape index (κ2) is 7.89. The number of pyridine rings is 1. The van der Waals surface area contributed by atoms with Crippen molar-refractivity contribution < 1.29 is 4.79 Å². The lowest BCUT2D eigenvalue weighted by molar-refractivity contribution is -0.122. The van der Waals surface area contributed by atoms with Crippen molar-refractivity contribution in [3.8, 4) is 11.3 Å². The number of nitrogens with zero attached hydrogens (tertiary/aromatic N) is 7. The first kappa shape index (κ1) is 21.1. The Hall–Kier alpha value is -4.24. The molecule has 36 heavy (non-hydrogen) atoms. The lowest BCUT2D eigenvalue weighted by Gasteiger charge is -2.36. The normalized spacial score (nSPS) is 17.1. The molecule has 5 heterocycles. The van der Waals surface area contributed by atoms with E-state index in [1.54, 1.807) is 17.1 Å². The van der Waals surface area contributed by atoms with Crippen LogP contribution in [0.25, 0.3) is 33.5 Å². The molecule has 1 spiro atoms. The molecule has 7 rings (SSSR count). The van der Waals surface area contributed by atoms with Crippen LogP contribution in [0.15, 0.2) is 60.9 Å². The summed E-state index contributed by atoms with van der Waals surface area (Å²) in [6, 6.07) is 16.2. The largest absolute Gasteiger partial charge is 0.325 e. The zero-order valence-corrected chi connectivity index (χ0v) is 19.8. The van der Waals surface area contributed by atoms with Crippen molar-refractivity contribution in [2.45, 2.75) is 24.8 Å². The van der Waals surface area contributed by atoms with Crippen LogP contribution in [0.5, 0.6) is 0 Å². The Kier molecular flexibility index (Phi) is 4.62. The molecule has 1 fully saturated rings. The first-order valence-corrected chi connectivity index (χ1v) is 12.1. The van der Waals surface area contributed by atoms with E-state index in [-0.39, 0.29) is 5.91 Å². The van der Waals surface area contributed by atoms with Crippen molar-refractivity contribution >= 4 is 33.8 Å². The zero-order valence-electron chi connectivity index (χ0n) is 19.8. The van der Waals surface area contributed by atoms with Crippen molar-refractivity contribution in [1.82, 2.24) is 34.8 Å². The number of carbonyl (C=O) groups excluding carboxylic acids is 1. The molecule has 2 aromatic carbocycles. The predicted octanol–water partition coefficient (Wildman–Crippen LogP) is 3.40. The maximum Gasteiger partial charge on any atom is 0.235 e. The number of likely N-dealkylation sites (tertiary alicyclic amines) is 1. The summed E-state index contributed by atoms with van der Waals surface area (Å²) in [6.45, 7) is 2.33. The van der Waals surface area contributed by atoms with Crippen LogP contribution in [-0.2, 0) is 16.8 Å². The smallest absolute Gasteiger partial charge is 0.235 e. The Labute approximate surface area is 207 Å². The molecule has 1 saturated heterocycles. The van der Waals surface area contributed by atoms with E-state index >= 15 is 0 Å². The van der Waals surface area contributed by atoms with E-state index < -0.39 is 5.41 Å². The van der Waals surface area contributed by atoms with Gasteiger partial charge >= 0.3 is 0 Å². The second-order valence-corrected chi connectivity index (χ2v) is 9.78. The Bertz CT molecular complexity index is 1650. The van der Waals surface area contributed by atoms with Crippen molar-refractivity contribution in [1.29, 1.82) is 0 Å². The number of nitrogens with one attached hydrogen (secondary N) is 1. The van der Waals surface area contributed by atoms with Crippen LogP contribution in [-0.4, -0.2) is 60.9 Å². The van der Waals surface area contributed by atoms with Crippen LogP contribution in [0.2, 0.25) is 0 Å². The fraction of sp³-hybridized carbons (Fsp3) is 0.259. The monoisotopic (exact) mass is 476 g/mol. The van der Waals surface area contributed by atoms with Gasteiger partial charge in [-0.15, -0.1) is 5.10 Å². The number of carbonyl (C=O) groups is 1. The maximum absolute atomic E-state index is 13.0. The molecule has 5 aromatic rings. The average molecular weight is 477 g/mol. The number of benzene rings is 2. The van der Waals surface area contributed by atoms with Gasteiger partial charge in [0.25, 0.3) is 0 Å². The van der Waals surface area contributed by atoms with Gasteiger partial charge in [0.1, 0.15) is 0 Å². The molecule has 0 bridgehead atoms. The summed E-state index contributed by atoms with van der Waals surface area (Å²) in [5, 5.41) is 12.7. The minimum atomic E-state index is -0.469. The van der Waals surface area contributed by atoms with Crippen LogP contribution in [0.3, 0.4) is 0 Å². The van der Waals surface area contributed by atoms with Gasteiger partial charge in [0.2, 0.25) is 11.6 Å². The maximum atomic E-state index is 13.0. The summed E-state index contributed by atoms with van der Waals surface area (Å²) in [7, 11) is 2.11. The summed E-state index contributed by atoms with van der Waals surface area (Å²) >= 11 is 0. The molecular formula is C27H24N8O. The lowest BCUT2D eigenvalue weighted by Crippen LogP contribution is -2.45. The standard InChI is InChI=1S/C27H24N8O/c1-34-11-8-27(9-12-34)20-14-19(5-7-22(20)31-26(27)36)23-15-29-24-25(30-23)35(33-32-24)16-17-4-6-21-18(13-17)3-2-10-28-21/h2-7,10,13-15H,8-9,11-12,16H2,1H3,(H,31,36). The molecule has 2 aliphatic rings. The van der Waals surface area contributed by atoms with Crippen LogP contribution >= 0.6 is 0 Å². The number of amides is 1. The highest BCUT2D eigenvalue weighted by atomic mass is 16.2. The summed E-state index contributed by atoms with van der Waals surface area (Å²) in [5.74, 6) is 0.108. The van der Waals surface area contributed by atoms with Crippen LogP contribution in [0.1, 0.15) is 24.0 Å². The Morgan fingerprint density at radius 2 is 1.94 bits per heavy atom. The molecule has 2 aliphatic heterocycles. The molecule has 0 saturated carbocycles. The van der Waals surface area contributed by atoms with Gasteiger partial charge in [-0.1, -0.05) is 23.4 Å². The Balaban J connectivity index is 1.25. The third kappa shape index (κ3) is 3.27. The van der Waals surface area contributed by atoms with E-state index in [1.807, 2.05) is 36.4 Å². The van der Waals surface area contributed by atoms with E-state index in [9.17, 15) is 4.79 Å². The molecule has 0 unspecified atom stereocenters. The highest BCUT2D eigenvalue weighted by Crippen LogP contribution is 2.46. The molecule has 3 aromatic heterocycles. The van der Waals surface area contributed by atoms with E-state index in [4.69, 9.17) is 4.98 Å². The van der Waals surface area contributed by atoms with E-state index in [1.165, 1.54) is 0 Å². The molecule has 0 aliphatic carbocycles. The number of hydrogen-bond acceptors (Lipinski definition) is 7. The first-order chi connectivity index (χ1) is 17.6. The van der Waals surface area contributed by atoms with Crippen molar-refractivity contribution in [2.75, 3.05) is 25.5 Å². The van der Waals surface area contributed by atoms with Gasteiger partial charge in [0, 0.05) is 22.8 Å². The van der Waals surface area contributed by atoms with Gasteiger partial charge in [-0.2, -0.15) is 0 Å². The Morgan fingerprint density at radius 1 is 1.06 bits per heavy atom. The van der Waals surface area contributed by atoms with Crippen LogP contribution in [0, 0.1) is 0 Å². The van der Waals surface area contributed by atoms with E-state index in [2.05, 4.69) is 49.7 Å². The molecule has 9 nitrogen and oxygen atoms in total. The molecule has 1 amide bonds. The summed E-state index contributed by atoms with van der Waals surface area (Å²) in [5.41, 5.74) is 6.34. The minimum absolute atomic E-state index is 0.108. The molecule has 9 heteroatoms. The fourth-order valence-electron chi connectivity index (χ4n) is 5.47.